The Morgan fingerprint density at radius 3 is 2.85 bits per heavy atom. The van der Waals surface area contributed by atoms with Crippen LogP contribution in [-0.2, 0) is 0 Å². The van der Waals surface area contributed by atoms with E-state index >= 15 is 0 Å². The Morgan fingerprint density at radius 2 is 2.08 bits per heavy atom. The van der Waals surface area contributed by atoms with E-state index in [4.69, 9.17) is 1.37 Å². The molecule has 0 unspecified atom stereocenters. The van der Waals surface area contributed by atoms with Crippen LogP contribution in [-0.4, -0.2) is 4.98 Å². The van der Waals surface area contributed by atoms with Gasteiger partial charge in [-0.1, -0.05) is 38.1 Å². The quantitative estimate of drug-likeness (QED) is 0.644. The Labute approximate surface area is 79.8 Å². The van der Waals surface area contributed by atoms with E-state index in [0.717, 1.165) is 16.6 Å². The summed E-state index contributed by atoms with van der Waals surface area (Å²) in [6.45, 7) is 4.22. The number of hydrogen-bond donors (Lipinski definition) is 0. The van der Waals surface area contributed by atoms with Gasteiger partial charge in [-0.3, -0.25) is 4.98 Å². The zero-order valence-corrected chi connectivity index (χ0v) is 7.91. The van der Waals surface area contributed by atoms with E-state index in [2.05, 4.69) is 18.8 Å². The van der Waals surface area contributed by atoms with Crippen molar-refractivity contribution in [2.75, 3.05) is 0 Å². The lowest BCUT2D eigenvalue weighted by atomic mass is 10.1. The first-order chi connectivity index (χ1) is 6.68. The molecule has 0 spiro atoms. The van der Waals surface area contributed by atoms with Gasteiger partial charge >= 0.3 is 0 Å². The van der Waals surface area contributed by atoms with Crippen molar-refractivity contribution in [3.8, 4) is 0 Å². The largest absolute Gasteiger partial charge is 0.253 e. The molecule has 13 heavy (non-hydrogen) atoms. The maximum absolute atomic E-state index is 7.74. The molecule has 0 saturated heterocycles. The minimum Gasteiger partial charge on any atom is -0.253 e. The van der Waals surface area contributed by atoms with E-state index in [0.29, 0.717) is 12.0 Å². The number of pyridine rings is 1. The SMILES string of the molecule is [3H]c1cccc2ccc(C(C)C)nc12. The molecule has 0 saturated carbocycles. The molecule has 1 aromatic carbocycles. The highest BCUT2D eigenvalue weighted by Gasteiger charge is 2.00. The van der Waals surface area contributed by atoms with Crippen LogP contribution in [0.2, 0.25) is 0 Å². The summed E-state index contributed by atoms with van der Waals surface area (Å²) in [5.74, 6) is 0.416. The fourth-order valence-electron chi connectivity index (χ4n) is 1.34. The summed E-state index contributed by atoms with van der Waals surface area (Å²) in [6.07, 6.45) is 0. The average molecular weight is 173 g/mol. The van der Waals surface area contributed by atoms with Gasteiger partial charge < -0.3 is 0 Å². The molecule has 0 bridgehead atoms. The zero-order chi connectivity index (χ0) is 10.1. The van der Waals surface area contributed by atoms with Gasteiger partial charge in [-0.25, -0.2) is 0 Å². The van der Waals surface area contributed by atoms with E-state index in [1.165, 1.54) is 0 Å². The van der Waals surface area contributed by atoms with Crippen molar-refractivity contribution in [2.45, 2.75) is 19.8 Å². The van der Waals surface area contributed by atoms with Crippen LogP contribution in [0.5, 0.6) is 0 Å². The first-order valence-electron chi connectivity index (χ1n) is 5.05. The van der Waals surface area contributed by atoms with Crippen molar-refractivity contribution in [3.05, 3.63) is 42.1 Å². The molecule has 1 nitrogen and oxygen atoms in total. The molecular weight excluding hydrogens is 158 g/mol. The minimum atomic E-state index is 0.416. The number of fused-ring (bicyclic) bond motifs is 1. The maximum atomic E-state index is 7.74. The Morgan fingerprint density at radius 1 is 1.23 bits per heavy atom. The lowest BCUT2D eigenvalue weighted by Crippen LogP contribution is -1.91. The van der Waals surface area contributed by atoms with Gasteiger partial charge in [0.1, 0.15) is 0 Å². The molecule has 0 amide bonds. The molecule has 66 valence electrons. The normalized spacial score (nSPS) is 12.1. The molecule has 0 aliphatic rings. The van der Waals surface area contributed by atoms with E-state index in [1.807, 2.05) is 24.3 Å². The number of hydrogen-bond acceptors (Lipinski definition) is 1. The zero-order valence-electron chi connectivity index (χ0n) is 8.91. The standard InChI is InChI=1S/C12H13N/c1-9(2)11-8-7-10-5-3-4-6-12(10)13-11/h3-9H,1-2H3/i6T. The van der Waals surface area contributed by atoms with Crippen molar-refractivity contribution in [1.29, 1.82) is 0 Å². The van der Waals surface area contributed by atoms with Crippen molar-refractivity contribution in [3.63, 3.8) is 0 Å². The Hall–Kier alpha value is -1.37. The summed E-state index contributed by atoms with van der Waals surface area (Å²) in [6, 6.07) is 10.2. The van der Waals surface area contributed by atoms with Crippen molar-refractivity contribution in [1.82, 2.24) is 4.98 Å². The van der Waals surface area contributed by atoms with Gasteiger partial charge in [-0.05, 0) is 18.0 Å². The van der Waals surface area contributed by atoms with E-state index in [-0.39, 0.29) is 0 Å². The van der Waals surface area contributed by atoms with E-state index < -0.39 is 0 Å². The number of aromatic nitrogens is 1. The first-order valence-corrected chi connectivity index (χ1v) is 4.55. The monoisotopic (exact) mass is 173 g/mol. The second kappa shape index (κ2) is 3.17. The summed E-state index contributed by atoms with van der Waals surface area (Å²) in [5.41, 5.74) is 1.86. The highest BCUT2D eigenvalue weighted by atomic mass is 14.7. The molecule has 0 N–H and O–H groups in total. The van der Waals surface area contributed by atoms with Gasteiger partial charge in [0, 0.05) is 11.1 Å². The smallest absolute Gasteiger partial charge is 0.0705 e. The predicted octanol–water partition coefficient (Wildman–Crippen LogP) is 3.36. The number of rotatable bonds is 1. The van der Waals surface area contributed by atoms with Gasteiger partial charge in [0.05, 0.1) is 6.89 Å². The molecule has 1 heterocycles. The highest BCUT2D eigenvalue weighted by molar-refractivity contribution is 5.78. The third-order valence-electron chi connectivity index (χ3n) is 2.13. The van der Waals surface area contributed by atoms with Crippen LogP contribution in [0.25, 0.3) is 10.9 Å². The molecule has 0 aliphatic heterocycles. The number of nitrogens with zero attached hydrogens (tertiary/aromatic N) is 1. The van der Waals surface area contributed by atoms with Crippen LogP contribution in [0.15, 0.2) is 36.4 Å². The first kappa shape index (κ1) is 7.07. The van der Waals surface area contributed by atoms with Crippen LogP contribution in [0.1, 0.15) is 26.8 Å². The predicted molar refractivity (Wildman–Crippen MR) is 55.8 cm³/mol. The number of benzene rings is 1. The third-order valence-corrected chi connectivity index (χ3v) is 2.13. The molecule has 1 heteroatoms. The molecule has 0 radical (unpaired) electrons. The van der Waals surface area contributed by atoms with Crippen LogP contribution in [0, 0.1) is 0 Å². The minimum absolute atomic E-state index is 0.416. The van der Waals surface area contributed by atoms with Crippen LogP contribution in [0.4, 0.5) is 0 Å². The van der Waals surface area contributed by atoms with E-state index in [1.54, 1.807) is 6.07 Å². The summed E-state index contributed by atoms with van der Waals surface area (Å²) in [7, 11) is 0. The topological polar surface area (TPSA) is 12.9 Å². The third kappa shape index (κ3) is 1.55. The van der Waals surface area contributed by atoms with Gasteiger partial charge in [-0.2, -0.15) is 0 Å². The van der Waals surface area contributed by atoms with Crippen LogP contribution in [0.3, 0.4) is 0 Å². The second-order valence-electron chi connectivity index (χ2n) is 3.50. The molecular formula is C12H13N. The Bertz CT molecular complexity index is 463. The van der Waals surface area contributed by atoms with Crippen molar-refractivity contribution in [2.24, 2.45) is 0 Å². The molecule has 2 aromatic rings. The fourth-order valence-corrected chi connectivity index (χ4v) is 1.34. The summed E-state index contributed by atoms with van der Waals surface area (Å²) < 4.78 is 7.74. The average Bonchev–Trinajstić information content (AvgIpc) is 2.18. The lowest BCUT2D eigenvalue weighted by Gasteiger charge is -2.04. The van der Waals surface area contributed by atoms with Gasteiger partial charge in [-0.15, -0.1) is 0 Å². The molecule has 0 fully saturated rings. The van der Waals surface area contributed by atoms with Crippen LogP contribution < -0.4 is 0 Å². The summed E-state index contributed by atoms with van der Waals surface area (Å²) >= 11 is 0. The van der Waals surface area contributed by atoms with Crippen molar-refractivity contribution < 1.29 is 1.37 Å². The molecule has 2 rings (SSSR count). The molecule has 0 aliphatic carbocycles. The molecule has 1 aromatic heterocycles. The van der Waals surface area contributed by atoms with Gasteiger partial charge in [0.25, 0.3) is 0 Å². The van der Waals surface area contributed by atoms with Crippen molar-refractivity contribution >= 4 is 10.9 Å². The number of para-hydroxylation sites is 1. The van der Waals surface area contributed by atoms with Crippen LogP contribution >= 0.6 is 0 Å². The van der Waals surface area contributed by atoms with Gasteiger partial charge in [0.2, 0.25) is 0 Å². The summed E-state index contributed by atoms with van der Waals surface area (Å²) in [5, 5.41) is 1.04. The highest BCUT2D eigenvalue weighted by Crippen LogP contribution is 2.16. The fraction of sp³-hybridized carbons (Fsp3) is 0.250. The molecule has 0 atom stereocenters. The summed E-state index contributed by atoms with van der Waals surface area (Å²) in [4.78, 5) is 4.49. The Kier molecular flexibility index (Phi) is 1.73. The Balaban J connectivity index is 2.70. The lowest BCUT2D eigenvalue weighted by molar-refractivity contribution is 0.830. The van der Waals surface area contributed by atoms with Gasteiger partial charge in [0.15, 0.2) is 0 Å². The maximum Gasteiger partial charge on any atom is 0.0705 e. The van der Waals surface area contributed by atoms with E-state index in [9.17, 15) is 0 Å². The second-order valence-corrected chi connectivity index (χ2v) is 3.50.